The molecule has 0 aliphatic carbocycles. The van der Waals surface area contributed by atoms with Crippen LogP contribution in [0.3, 0.4) is 0 Å². The maximum absolute atomic E-state index is 11.7. The third-order valence-corrected chi connectivity index (χ3v) is 3.07. The number of nitrogens with zero attached hydrogens (tertiary/aromatic N) is 3. The molecule has 21 heavy (non-hydrogen) atoms. The topological polar surface area (TPSA) is 85.0 Å². The van der Waals surface area contributed by atoms with Crippen LogP contribution in [0.1, 0.15) is 24.1 Å². The first-order valence-electron chi connectivity index (χ1n) is 6.93. The molecule has 0 fully saturated rings. The van der Waals surface area contributed by atoms with E-state index >= 15 is 0 Å². The molecule has 0 bridgehead atoms. The number of hydrogen-bond donors (Lipinski definition) is 2. The summed E-state index contributed by atoms with van der Waals surface area (Å²) in [6.07, 6.45) is 0. The Morgan fingerprint density at radius 1 is 1.38 bits per heavy atom. The number of urea groups is 1. The van der Waals surface area contributed by atoms with E-state index in [0.717, 1.165) is 17.9 Å². The second-order valence-corrected chi connectivity index (χ2v) is 5.37. The van der Waals surface area contributed by atoms with E-state index in [1.54, 1.807) is 13.0 Å². The standard InChI is InChI=1S/C14H21N5O2/c1-9(8-19-11(3)5-10(2)17-19)7-15-14(20)16-13-6-12(4)21-18-13/h5-6,9H,7-8H2,1-4H3,(H2,15,16,18,20)/t9-/m1/s1. The lowest BCUT2D eigenvalue weighted by Crippen LogP contribution is -2.33. The zero-order chi connectivity index (χ0) is 15.4. The molecule has 0 aromatic carbocycles. The van der Waals surface area contributed by atoms with Crippen LogP contribution < -0.4 is 10.6 Å². The molecule has 0 saturated heterocycles. The third-order valence-electron chi connectivity index (χ3n) is 3.07. The van der Waals surface area contributed by atoms with E-state index in [-0.39, 0.29) is 11.9 Å². The quantitative estimate of drug-likeness (QED) is 0.884. The van der Waals surface area contributed by atoms with Crippen LogP contribution in [0.4, 0.5) is 10.6 Å². The number of nitrogens with one attached hydrogen (secondary N) is 2. The van der Waals surface area contributed by atoms with Gasteiger partial charge in [-0.3, -0.25) is 10.00 Å². The molecule has 0 radical (unpaired) electrons. The van der Waals surface area contributed by atoms with E-state index in [1.807, 2.05) is 24.6 Å². The van der Waals surface area contributed by atoms with Gasteiger partial charge in [0.2, 0.25) is 0 Å². The molecule has 2 aromatic heterocycles. The van der Waals surface area contributed by atoms with Crippen molar-refractivity contribution >= 4 is 11.8 Å². The maximum atomic E-state index is 11.7. The minimum Gasteiger partial charge on any atom is -0.360 e. The van der Waals surface area contributed by atoms with Gasteiger partial charge in [0.1, 0.15) is 5.76 Å². The van der Waals surface area contributed by atoms with Gasteiger partial charge in [-0.1, -0.05) is 12.1 Å². The second kappa shape index (κ2) is 6.43. The summed E-state index contributed by atoms with van der Waals surface area (Å²) in [4.78, 5) is 11.7. The molecule has 2 aromatic rings. The van der Waals surface area contributed by atoms with Crippen molar-refractivity contribution in [2.45, 2.75) is 34.2 Å². The largest absolute Gasteiger partial charge is 0.360 e. The van der Waals surface area contributed by atoms with Gasteiger partial charge in [-0.25, -0.2) is 4.79 Å². The summed E-state index contributed by atoms with van der Waals surface area (Å²) >= 11 is 0. The number of carbonyl (C=O) groups excluding carboxylic acids is 1. The third kappa shape index (κ3) is 4.34. The first kappa shape index (κ1) is 15.1. The summed E-state index contributed by atoms with van der Waals surface area (Å²) in [5.41, 5.74) is 2.13. The lowest BCUT2D eigenvalue weighted by molar-refractivity contribution is 0.249. The fourth-order valence-electron chi connectivity index (χ4n) is 2.07. The Morgan fingerprint density at radius 2 is 2.14 bits per heavy atom. The van der Waals surface area contributed by atoms with E-state index in [0.29, 0.717) is 18.1 Å². The van der Waals surface area contributed by atoms with E-state index in [9.17, 15) is 4.79 Å². The molecule has 1 atom stereocenters. The molecule has 2 amide bonds. The minimum absolute atomic E-state index is 0.271. The molecule has 7 heteroatoms. The Kier molecular flexibility index (Phi) is 4.62. The fraction of sp³-hybridized carbons (Fsp3) is 0.500. The Labute approximate surface area is 123 Å². The van der Waals surface area contributed by atoms with Gasteiger partial charge in [0.25, 0.3) is 0 Å². The summed E-state index contributed by atoms with van der Waals surface area (Å²) in [6.45, 7) is 9.16. The Morgan fingerprint density at radius 3 is 2.71 bits per heavy atom. The van der Waals surface area contributed by atoms with Crippen molar-refractivity contribution in [1.82, 2.24) is 20.3 Å². The molecular weight excluding hydrogens is 270 g/mol. The van der Waals surface area contributed by atoms with Crippen LogP contribution in [0, 0.1) is 26.7 Å². The monoisotopic (exact) mass is 291 g/mol. The van der Waals surface area contributed by atoms with Gasteiger partial charge in [0, 0.05) is 24.8 Å². The average molecular weight is 291 g/mol. The predicted molar refractivity (Wildman–Crippen MR) is 79.1 cm³/mol. The molecule has 7 nitrogen and oxygen atoms in total. The zero-order valence-electron chi connectivity index (χ0n) is 12.8. The van der Waals surface area contributed by atoms with Gasteiger partial charge < -0.3 is 9.84 Å². The molecule has 0 aliphatic rings. The molecule has 0 saturated carbocycles. The maximum Gasteiger partial charge on any atom is 0.320 e. The Bertz CT molecular complexity index is 617. The summed E-state index contributed by atoms with van der Waals surface area (Å²) in [5.74, 6) is 1.34. The average Bonchev–Trinajstić information content (AvgIpc) is 2.93. The van der Waals surface area contributed by atoms with Crippen LogP contribution in [-0.4, -0.2) is 27.5 Å². The number of aromatic nitrogens is 3. The van der Waals surface area contributed by atoms with Crippen molar-refractivity contribution in [2.75, 3.05) is 11.9 Å². The molecular formula is C14H21N5O2. The van der Waals surface area contributed by atoms with Crippen LogP contribution in [-0.2, 0) is 6.54 Å². The predicted octanol–water partition coefficient (Wildman–Crippen LogP) is 2.25. The Hall–Kier alpha value is -2.31. The smallest absolute Gasteiger partial charge is 0.320 e. The summed E-state index contributed by atoms with van der Waals surface area (Å²) in [6, 6.07) is 3.42. The number of hydrogen-bond acceptors (Lipinski definition) is 4. The number of carbonyl (C=O) groups is 1. The van der Waals surface area contributed by atoms with E-state index < -0.39 is 0 Å². The van der Waals surface area contributed by atoms with Crippen molar-refractivity contribution in [3.05, 3.63) is 29.3 Å². The van der Waals surface area contributed by atoms with Gasteiger partial charge >= 0.3 is 6.03 Å². The van der Waals surface area contributed by atoms with Crippen molar-refractivity contribution in [2.24, 2.45) is 5.92 Å². The van der Waals surface area contributed by atoms with E-state index in [2.05, 4.69) is 27.8 Å². The molecule has 2 heterocycles. The van der Waals surface area contributed by atoms with Crippen LogP contribution >= 0.6 is 0 Å². The van der Waals surface area contributed by atoms with Gasteiger partial charge in [-0.2, -0.15) is 5.10 Å². The van der Waals surface area contributed by atoms with Crippen molar-refractivity contribution in [1.29, 1.82) is 0 Å². The van der Waals surface area contributed by atoms with Crippen LogP contribution in [0.5, 0.6) is 0 Å². The molecule has 0 spiro atoms. The summed E-state index contributed by atoms with van der Waals surface area (Å²) < 4.78 is 6.84. The van der Waals surface area contributed by atoms with E-state index in [4.69, 9.17) is 4.52 Å². The summed E-state index contributed by atoms with van der Waals surface area (Å²) in [7, 11) is 0. The Balaban J connectivity index is 1.77. The highest BCUT2D eigenvalue weighted by Gasteiger charge is 2.10. The minimum atomic E-state index is -0.288. The van der Waals surface area contributed by atoms with Gasteiger partial charge in [-0.15, -0.1) is 0 Å². The molecule has 0 aliphatic heterocycles. The molecule has 114 valence electrons. The number of amides is 2. The molecule has 0 unspecified atom stereocenters. The lowest BCUT2D eigenvalue weighted by Gasteiger charge is -2.14. The molecule has 2 N–H and O–H groups in total. The molecule has 2 rings (SSSR count). The highest BCUT2D eigenvalue weighted by Crippen LogP contribution is 2.07. The highest BCUT2D eigenvalue weighted by molar-refractivity contribution is 5.88. The number of anilines is 1. The summed E-state index contributed by atoms with van der Waals surface area (Å²) in [5, 5.41) is 13.6. The second-order valence-electron chi connectivity index (χ2n) is 5.37. The lowest BCUT2D eigenvalue weighted by atomic mass is 10.2. The van der Waals surface area contributed by atoms with Gasteiger partial charge in [0.15, 0.2) is 5.82 Å². The van der Waals surface area contributed by atoms with Crippen molar-refractivity contribution < 1.29 is 9.32 Å². The van der Waals surface area contributed by atoms with Crippen LogP contribution in [0.25, 0.3) is 0 Å². The normalized spacial score (nSPS) is 12.2. The van der Waals surface area contributed by atoms with Crippen LogP contribution in [0.2, 0.25) is 0 Å². The van der Waals surface area contributed by atoms with Crippen molar-refractivity contribution in [3.63, 3.8) is 0 Å². The first-order valence-corrected chi connectivity index (χ1v) is 6.93. The fourth-order valence-corrected chi connectivity index (χ4v) is 2.07. The van der Waals surface area contributed by atoms with Crippen molar-refractivity contribution in [3.8, 4) is 0 Å². The van der Waals surface area contributed by atoms with Gasteiger partial charge in [0.05, 0.1) is 5.69 Å². The van der Waals surface area contributed by atoms with Gasteiger partial charge in [-0.05, 0) is 32.8 Å². The van der Waals surface area contributed by atoms with Crippen LogP contribution in [0.15, 0.2) is 16.7 Å². The highest BCUT2D eigenvalue weighted by atomic mass is 16.5. The number of rotatable bonds is 5. The number of aryl methyl sites for hydroxylation is 3. The first-order chi connectivity index (χ1) is 9.94. The van der Waals surface area contributed by atoms with E-state index in [1.165, 1.54) is 0 Å². The SMILES string of the molecule is Cc1cc(C)n(C[C@H](C)CNC(=O)Nc2cc(C)on2)n1. The zero-order valence-corrected chi connectivity index (χ0v) is 12.8.